The van der Waals surface area contributed by atoms with Crippen LogP contribution in [0.2, 0.25) is 0 Å². The lowest BCUT2D eigenvalue weighted by molar-refractivity contribution is 0.0134. The standard InChI is InChI=1S/C16H18N2O3/c1-11-9-14(18-21-11)15(19)17-10-16(20,13-7-8-13)12-5-3-2-4-6-12/h2-6,9,13,20H,7-8,10H2,1H3,(H,17,19). The van der Waals surface area contributed by atoms with Gasteiger partial charge in [0, 0.05) is 6.07 Å². The van der Waals surface area contributed by atoms with Crippen LogP contribution >= 0.6 is 0 Å². The highest BCUT2D eigenvalue weighted by molar-refractivity contribution is 5.92. The van der Waals surface area contributed by atoms with Crippen LogP contribution in [0, 0.1) is 12.8 Å². The van der Waals surface area contributed by atoms with Crippen molar-refractivity contribution < 1.29 is 14.4 Å². The van der Waals surface area contributed by atoms with Crippen LogP contribution in [0.5, 0.6) is 0 Å². The summed E-state index contributed by atoms with van der Waals surface area (Å²) in [4.78, 5) is 12.0. The van der Waals surface area contributed by atoms with Crippen molar-refractivity contribution in [2.75, 3.05) is 6.54 Å². The third kappa shape index (κ3) is 2.83. The molecule has 1 aliphatic rings. The molecule has 0 spiro atoms. The fourth-order valence-corrected chi connectivity index (χ4v) is 2.55. The van der Waals surface area contributed by atoms with Crippen LogP contribution in [0.3, 0.4) is 0 Å². The van der Waals surface area contributed by atoms with E-state index in [2.05, 4.69) is 10.5 Å². The van der Waals surface area contributed by atoms with Gasteiger partial charge in [0.15, 0.2) is 5.69 Å². The number of carbonyl (C=O) groups is 1. The quantitative estimate of drug-likeness (QED) is 0.881. The molecule has 1 heterocycles. The summed E-state index contributed by atoms with van der Waals surface area (Å²) in [6, 6.07) is 11.1. The van der Waals surface area contributed by atoms with Crippen LogP contribution in [-0.2, 0) is 5.60 Å². The van der Waals surface area contributed by atoms with E-state index in [1.807, 2.05) is 30.3 Å². The smallest absolute Gasteiger partial charge is 0.273 e. The maximum Gasteiger partial charge on any atom is 0.273 e. The van der Waals surface area contributed by atoms with E-state index in [4.69, 9.17) is 4.52 Å². The third-order valence-corrected chi connectivity index (χ3v) is 3.91. The van der Waals surface area contributed by atoms with E-state index in [1.165, 1.54) is 0 Å². The first-order chi connectivity index (χ1) is 10.1. The molecule has 1 atom stereocenters. The van der Waals surface area contributed by atoms with E-state index >= 15 is 0 Å². The summed E-state index contributed by atoms with van der Waals surface area (Å²) in [5.74, 6) is 0.446. The highest BCUT2D eigenvalue weighted by Crippen LogP contribution is 2.45. The number of nitrogens with zero attached hydrogens (tertiary/aromatic N) is 1. The molecule has 1 unspecified atom stereocenters. The first kappa shape index (κ1) is 13.8. The largest absolute Gasteiger partial charge is 0.383 e. The lowest BCUT2D eigenvalue weighted by Gasteiger charge is -2.29. The van der Waals surface area contributed by atoms with Gasteiger partial charge >= 0.3 is 0 Å². The summed E-state index contributed by atoms with van der Waals surface area (Å²) in [6.07, 6.45) is 1.95. The monoisotopic (exact) mass is 286 g/mol. The minimum Gasteiger partial charge on any atom is -0.383 e. The first-order valence-corrected chi connectivity index (χ1v) is 7.09. The van der Waals surface area contributed by atoms with E-state index in [9.17, 15) is 9.90 Å². The van der Waals surface area contributed by atoms with Crippen molar-refractivity contribution in [3.8, 4) is 0 Å². The molecule has 5 heteroatoms. The average molecular weight is 286 g/mol. The first-order valence-electron chi connectivity index (χ1n) is 7.09. The number of aryl methyl sites for hydroxylation is 1. The minimum atomic E-state index is -1.02. The molecule has 1 aromatic carbocycles. The number of benzene rings is 1. The predicted molar refractivity (Wildman–Crippen MR) is 76.6 cm³/mol. The van der Waals surface area contributed by atoms with Crippen molar-refractivity contribution in [1.82, 2.24) is 10.5 Å². The zero-order valence-electron chi connectivity index (χ0n) is 11.9. The Labute approximate surface area is 123 Å². The second-order valence-electron chi connectivity index (χ2n) is 5.57. The molecule has 1 amide bonds. The van der Waals surface area contributed by atoms with Crippen molar-refractivity contribution in [2.45, 2.75) is 25.4 Å². The van der Waals surface area contributed by atoms with Gasteiger partial charge in [-0.05, 0) is 31.2 Å². The number of aromatic nitrogens is 1. The predicted octanol–water partition coefficient (Wildman–Crippen LogP) is 2.01. The van der Waals surface area contributed by atoms with Crippen LogP contribution in [0.1, 0.15) is 34.7 Å². The van der Waals surface area contributed by atoms with Gasteiger partial charge in [-0.3, -0.25) is 4.79 Å². The highest BCUT2D eigenvalue weighted by atomic mass is 16.5. The van der Waals surface area contributed by atoms with Crippen LogP contribution in [-0.4, -0.2) is 22.7 Å². The molecule has 1 aliphatic carbocycles. The lowest BCUT2D eigenvalue weighted by Crippen LogP contribution is -2.42. The van der Waals surface area contributed by atoms with E-state index in [1.54, 1.807) is 13.0 Å². The Morgan fingerprint density at radius 2 is 2.14 bits per heavy atom. The summed E-state index contributed by atoms with van der Waals surface area (Å²) in [6.45, 7) is 1.90. The number of nitrogens with one attached hydrogen (secondary N) is 1. The summed E-state index contributed by atoms with van der Waals surface area (Å²) in [7, 11) is 0. The maximum absolute atomic E-state index is 12.0. The van der Waals surface area contributed by atoms with Crippen LogP contribution in [0.15, 0.2) is 40.9 Å². The van der Waals surface area contributed by atoms with Gasteiger partial charge in [0.2, 0.25) is 0 Å². The molecule has 1 aromatic heterocycles. The number of amides is 1. The van der Waals surface area contributed by atoms with E-state index in [-0.39, 0.29) is 24.1 Å². The lowest BCUT2D eigenvalue weighted by atomic mass is 9.88. The molecule has 0 radical (unpaired) electrons. The fourth-order valence-electron chi connectivity index (χ4n) is 2.55. The van der Waals surface area contributed by atoms with Crippen molar-refractivity contribution in [2.24, 2.45) is 5.92 Å². The van der Waals surface area contributed by atoms with Gasteiger partial charge in [-0.1, -0.05) is 35.5 Å². The van der Waals surface area contributed by atoms with Crippen LogP contribution in [0.25, 0.3) is 0 Å². The molecule has 5 nitrogen and oxygen atoms in total. The number of rotatable bonds is 5. The molecule has 110 valence electrons. The Balaban J connectivity index is 1.73. The Morgan fingerprint density at radius 3 is 2.71 bits per heavy atom. The summed E-state index contributed by atoms with van der Waals surface area (Å²) in [5, 5.41) is 17.4. The summed E-state index contributed by atoms with van der Waals surface area (Å²) < 4.78 is 4.89. The second-order valence-corrected chi connectivity index (χ2v) is 5.57. The Bertz CT molecular complexity index is 634. The second kappa shape index (κ2) is 5.33. The van der Waals surface area contributed by atoms with Gasteiger partial charge < -0.3 is 14.9 Å². The Hall–Kier alpha value is -2.14. The van der Waals surface area contributed by atoms with E-state index < -0.39 is 5.60 Å². The van der Waals surface area contributed by atoms with Crippen LogP contribution < -0.4 is 5.32 Å². The number of aliphatic hydroxyl groups is 1. The van der Waals surface area contributed by atoms with Gasteiger partial charge in [-0.25, -0.2) is 0 Å². The molecule has 21 heavy (non-hydrogen) atoms. The van der Waals surface area contributed by atoms with Crippen molar-refractivity contribution in [3.63, 3.8) is 0 Å². The zero-order valence-corrected chi connectivity index (χ0v) is 11.9. The molecular weight excluding hydrogens is 268 g/mol. The Kier molecular flexibility index (Phi) is 3.51. The normalized spacial score (nSPS) is 17.2. The summed E-state index contributed by atoms with van der Waals surface area (Å²) in [5.41, 5.74) is 0.0539. The average Bonchev–Trinajstić information content (AvgIpc) is 3.28. The van der Waals surface area contributed by atoms with Gasteiger partial charge in [-0.2, -0.15) is 0 Å². The minimum absolute atomic E-state index is 0.173. The van der Waals surface area contributed by atoms with Crippen molar-refractivity contribution in [3.05, 3.63) is 53.4 Å². The van der Waals surface area contributed by atoms with E-state index in [0.29, 0.717) is 5.76 Å². The van der Waals surface area contributed by atoms with Crippen molar-refractivity contribution >= 4 is 5.91 Å². The molecule has 3 rings (SSSR count). The fraction of sp³-hybridized carbons (Fsp3) is 0.375. The Morgan fingerprint density at radius 1 is 1.43 bits per heavy atom. The highest BCUT2D eigenvalue weighted by Gasteiger charge is 2.45. The summed E-state index contributed by atoms with van der Waals surface area (Å²) >= 11 is 0. The van der Waals surface area contributed by atoms with Gasteiger partial charge in [0.25, 0.3) is 5.91 Å². The number of carbonyl (C=O) groups excluding carboxylic acids is 1. The SMILES string of the molecule is Cc1cc(C(=O)NCC(O)(c2ccccc2)C2CC2)no1. The molecular formula is C16H18N2O3. The maximum atomic E-state index is 12.0. The topological polar surface area (TPSA) is 75.4 Å². The van der Waals surface area contributed by atoms with Crippen LogP contribution in [0.4, 0.5) is 0 Å². The molecule has 0 saturated heterocycles. The molecule has 2 aromatic rings. The third-order valence-electron chi connectivity index (χ3n) is 3.91. The zero-order chi connectivity index (χ0) is 14.9. The number of hydrogen-bond donors (Lipinski definition) is 2. The molecule has 0 aliphatic heterocycles. The molecule has 1 fully saturated rings. The van der Waals surface area contributed by atoms with Gasteiger partial charge in [-0.15, -0.1) is 0 Å². The van der Waals surface area contributed by atoms with Gasteiger partial charge in [0.05, 0.1) is 6.54 Å². The molecule has 1 saturated carbocycles. The number of hydrogen-bond acceptors (Lipinski definition) is 4. The molecule has 0 bridgehead atoms. The molecule has 2 N–H and O–H groups in total. The van der Waals surface area contributed by atoms with Crippen molar-refractivity contribution in [1.29, 1.82) is 0 Å². The van der Waals surface area contributed by atoms with Gasteiger partial charge in [0.1, 0.15) is 11.4 Å². The van der Waals surface area contributed by atoms with E-state index in [0.717, 1.165) is 18.4 Å².